The van der Waals surface area contributed by atoms with Crippen molar-refractivity contribution in [2.75, 3.05) is 9.80 Å². The lowest BCUT2D eigenvalue weighted by atomic mass is 9.81. The first-order valence-corrected chi connectivity index (χ1v) is 26.6. The molecule has 0 saturated carbocycles. The monoisotopic (exact) mass is 962 g/mol. The fraction of sp³-hybridized carbons (Fsp3) is 0.0959. The Hall–Kier alpha value is -8.98. The number of aryl methyl sites for hydroxylation is 4. The van der Waals surface area contributed by atoms with E-state index in [0.717, 1.165) is 42.7 Å². The molecular weight excluding hydrogens is 905 g/mol. The van der Waals surface area contributed by atoms with Crippen LogP contribution in [-0.2, 0) is 31.1 Å². The van der Waals surface area contributed by atoms with E-state index in [2.05, 4.69) is 291 Å². The standard InChI is InChI=1S/C73H58N2/c1-73(2)67-34-19-18-31-64(67)66-49-65(55-25-12-5-13-26-55)71(50-68(66)73)75(61-45-43-58(44-46-61)72-62(53-21-8-3-9-22-53)32-20-33-63(72)54-23-10-4-11-24-54)70-48-52-36-40-56-39-35-51(37-41-57(70)42-38-52)47-69(56)74(59-27-14-6-15-28-59)60-29-16-7-17-30-60/h3-35,38-39,42-50H,36-37,40-41H2,1-2H3. The van der Waals surface area contributed by atoms with E-state index < -0.39 is 0 Å². The summed E-state index contributed by atoms with van der Waals surface area (Å²) >= 11 is 0. The highest BCUT2D eigenvalue weighted by atomic mass is 15.2. The quantitative estimate of drug-likeness (QED) is 0.135. The van der Waals surface area contributed by atoms with Crippen molar-refractivity contribution < 1.29 is 0 Å². The Kier molecular flexibility index (Phi) is 11.9. The first kappa shape index (κ1) is 45.9. The number of rotatable bonds is 10. The van der Waals surface area contributed by atoms with Gasteiger partial charge in [0.25, 0.3) is 0 Å². The molecule has 0 aliphatic heterocycles. The Bertz CT molecular complexity index is 3730. The number of fused-ring (bicyclic) bond motifs is 3. The molecule has 2 nitrogen and oxygen atoms in total. The molecule has 16 rings (SSSR count). The van der Waals surface area contributed by atoms with E-state index >= 15 is 0 Å². The molecule has 5 aliphatic rings. The summed E-state index contributed by atoms with van der Waals surface area (Å²) in [6.07, 6.45) is 3.54. The fourth-order valence-corrected chi connectivity index (χ4v) is 12.0. The van der Waals surface area contributed by atoms with Gasteiger partial charge in [-0.3, -0.25) is 0 Å². The van der Waals surface area contributed by atoms with E-state index in [0.29, 0.717) is 0 Å². The molecule has 11 aromatic carbocycles. The SMILES string of the molecule is CC1(C)c2ccccc2-c2cc(-c3ccccc3)c(N(c3ccc(-c4c(-c5ccccc5)cccc4-c4ccccc4)cc3)c3cc4ccc3CCc3ccc(c(N(c5ccccc5)c5ccccc5)c3)CC4)cc21. The molecular formula is C73H58N2. The fourth-order valence-electron chi connectivity index (χ4n) is 12.0. The number of para-hydroxylation sites is 2. The number of nitrogens with zero attached hydrogens (tertiary/aromatic N) is 2. The molecule has 4 bridgehead atoms. The summed E-state index contributed by atoms with van der Waals surface area (Å²) in [6.45, 7) is 4.80. The lowest BCUT2D eigenvalue weighted by Crippen LogP contribution is -2.18. The van der Waals surface area contributed by atoms with Crippen molar-refractivity contribution in [2.45, 2.75) is 44.9 Å². The molecule has 0 atom stereocenters. The second-order valence-electron chi connectivity index (χ2n) is 20.7. The molecule has 0 saturated heterocycles. The van der Waals surface area contributed by atoms with Crippen LogP contribution in [0.25, 0.3) is 55.6 Å². The predicted molar refractivity (Wildman–Crippen MR) is 316 cm³/mol. The van der Waals surface area contributed by atoms with E-state index in [1.807, 2.05) is 0 Å². The summed E-state index contributed by atoms with van der Waals surface area (Å²) in [4.78, 5) is 5.06. The van der Waals surface area contributed by atoms with Crippen LogP contribution >= 0.6 is 0 Å². The summed E-state index contributed by atoms with van der Waals surface area (Å²) < 4.78 is 0. The molecule has 360 valence electrons. The molecule has 75 heavy (non-hydrogen) atoms. The normalized spacial score (nSPS) is 13.1. The first-order chi connectivity index (χ1) is 37.0. The minimum atomic E-state index is -0.195. The number of anilines is 6. The second-order valence-corrected chi connectivity index (χ2v) is 20.7. The maximum absolute atomic E-state index is 2.61. The molecule has 0 radical (unpaired) electrons. The highest BCUT2D eigenvalue weighted by molar-refractivity contribution is 5.98. The van der Waals surface area contributed by atoms with Gasteiger partial charge in [0, 0.05) is 39.4 Å². The van der Waals surface area contributed by atoms with E-state index in [1.54, 1.807) is 0 Å². The zero-order chi connectivity index (χ0) is 50.3. The van der Waals surface area contributed by atoms with Gasteiger partial charge in [-0.1, -0.05) is 220 Å². The van der Waals surface area contributed by atoms with Gasteiger partial charge in [-0.05, 0) is 170 Å². The Labute approximate surface area is 442 Å². The Morgan fingerprint density at radius 3 is 1.25 bits per heavy atom. The number of benzene rings is 11. The Morgan fingerprint density at radius 1 is 0.280 bits per heavy atom. The summed E-state index contributed by atoms with van der Waals surface area (Å²) in [5.74, 6) is 0. The van der Waals surface area contributed by atoms with Crippen LogP contribution in [0.15, 0.2) is 267 Å². The van der Waals surface area contributed by atoms with Crippen LogP contribution in [-0.4, -0.2) is 0 Å². The van der Waals surface area contributed by atoms with E-state index in [1.165, 1.54) is 106 Å². The van der Waals surface area contributed by atoms with Crippen molar-refractivity contribution in [3.8, 4) is 55.6 Å². The summed E-state index contributed by atoms with van der Waals surface area (Å²) in [5.41, 5.74) is 27.2. The molecule has 0 aromatic heterocycles. The maximum atomic E-state index is 2.61. The minimum Gasteiger partial charge on any atom is -0.310 e. The predicted octanol–water partition coefficient (Wildman–Crippen LogP) is 19.5. The van der Waals surface area contributed by atoms with Crippen molar-refractivity contribution in [2.24, 2.45) is 0 Å². The third kappa shape index (κ3) is 8.53. The molecule has 0 heterocycles. The van der Waals surface area contributed by atoms with Gasteiger partial charge in [0.1, 0.15) is 0 Å². The third-order valence-electron chi connectivity index (χ3n) is 15.8. The second kappa shape index (κ2) is 19.5. The van der Waals surface area contributed by atoms with Crippen LogP contribution in [0.3, 0.4) is 0 Å². The van der Waals surface area contributed by atoms with Crippen LogP contribution in [0.1, 0.15) is 47.2 Å². The lowest BCUT2D eigenvalue weighted by Gasteiger charge is -2.33. The van der Waals surface area contributed by atoms with Gasteiger partial charge in [0.05, 0.1) is 5.69 Å². The minimum absolute atomic E-state index is 0.195. The van der Waals surface area contributed by atoms with Crippen molar-refractivity contribution in [3.63, 3.8) is 0 Å². The van der Waals surface area contributed by atoms with E-state index in [4.69, 9.17) is 0 Å². The smallest absolute Gasteiger partial charge is 0.0543 e. The molecule has 0 fully saturated rings. The third-order valence-corrected chi connectivity index (χ3v) is 15.8. The van der Waals surface area contributed by atoms with Crippen molar-refractivity contribution in [1.29, 1.82) is 0 Å². The van der Waals surface area contributed by atoms with Crippen LogP contribution in [0.5, 0.6) is 0 Å². The highest BCUT2D eigenvalue weighted by Crippen LogP contribution is 2.54. The molecule has 0 spiro atoms. The Balaban J connectivity index is 0.997. The topological polar surface area (TPSA) is 6.48 Å². The zero-order valence-electron chi connectivity index (χ0n) is 42.6. The van der Waals surface area contributed by atoms with Crippen LogP contribution in [0.4, 0.5) is 34.1 Å². The molecule has 11 aromatic rings. The van der Waals surface area contributed by atoms with Crippen molar-refractivity contribution >= 4 is 34.1 Å². The molecule has 5 aliphatic carbocycles. The maximum Gasteiger partial charge on any atom is 0.0543 e. The van der Waals surface area contributed by atoms with Gasteiger partial charge in [-0.25, -0.2) is 0 Å². The zero-order valence-corrected chi connectivity index (χ0v) is 42.6. The first-order valence-electron chi connectivity index (χ1n) is 26.6. The summed E-state index contributed by atoms with van der Waals surface area (Å²) in [6, 6.07) is 99.3. The van der Waals surface area contributed by atoms with E-state index in [-0.39, 0.29) is 5.41 Å². The van der Waals surface area contributed by atoms with Gasteiger partial charge >= 0.3 is 0 Å². The molecule has 0 unspecified atom stereocenters. The average molecular weight is 963 g/mol. The van der Waals surface area contributed by atoms with E-state index in [9.17, 15) is 0 Å². The van der Waals surface area contributed by atoms with Gasteiger partial charge in [0.15, 0.2) is 0 Å². The summed E-state index contributed by atoms with van der Waals surface area (Å²) in [5, 5.41) is 0. The van der Waals surface area contributed by atoms with Gasteiger partial charge in [-0.15, -0.1) is 0 Å². The molecule has 0 amide bonds. The van der Waals surface area contributed by atoms with Crippen LogP contribution < -0.4 is 9.80 Å². The van der Waals surface area contributed by atoms with Gasteiger partial charge in [0.2, 0.25) is 0 Å². The number of hydrogen-bond acceptors (Lipinski definition) is 2. The van der Waals surface area contributed by atoms with Crippen molar-refractivity contribution in [1.82, 2.24) is 0 Å². The van der Waals surface area contributed by atoms with Crippen molar-refractivity contribution in [3.05, 3.63) is 300 Å². The largest absolute Gasteiger partial charge is 0.310 e. The number of hydrogen-bond donors (Lipinski definition) is 0. The molecule has 2 heteroatoms. The van der Waals surface area contributed by atoms with Crippen LogP contribution in [0, 0.1) is 0 Å². The van der Waals surface area contributed by atoms with Gasteiger partial charge in [-0.2, -0.15) is 0 Å². The van der Waals surface area contributed by atoms with Crippen LogP contribution in [0.2, 0.25) is 0 Å². The van der Waals surface area contributed by atoms with Gasteiger partial charge < -0.3 is 9.80 Å². The lowest BCUT2D eigenvalue weighted by molar-refractivity contribution is 0.660. The average Bonchev–Trinajstić information content (AvgIpc) is 3.70. The summed E-state index contributed by atoms with van der Waals surface area (Å²) in [7, 11) is 0. The highest BCUT2D eigenvalue weighted by Gasteiger charge is 2.37. The Morgan fingerprint density at radius 2 is 0.720 bits per heavy atom. The molecule has 0 N–H and O–H groups in total.